The van der Waals surface area contributed by atoms with Crippen LogP contribution in [0.2, 0.25) is 0 Å². The lowest BCUT2D eigenvalue weighted by Gasteiger charge is -2.65. The van der Waals surface area contributed by atoms with Gasteiger partial charge in [-0.25, -0.2) is 0 Å². The van der Waals surface area contributed by atoms with Crippen molar-refractivity contribution in [3.8, 4) is 5.75 Å². The van der Waals surface area contributed by atoms with Crippen LogP contribution in [0.5, 0.6) is 5.75 Å². The zero-order valence-corrected chi connectivity index (χ0v) is 12.1. The van der Waals surface area contributed by atoms with E-state index in [0.29, 0.717) is 22.0 Å². The standard InChI is InChI=1S/C18H24O/c1-16-7-13-8-17(2,10-16)12-18(9-13,11-16)14-3-5-15(19)6-4-14/h3-6,13,19H,7-12H2,1-2H3/t13?,16-,17-,18?/m0/s1. The van der Waals surface area contributed by atoms with Crippen molar-refractivity contribution in [1.82, 2.24) is 0 Å². The maximum Gasteiger partial charge on any atom is 0.115 e. The van der Waals surface area contributed by atoms with Gasteiger partial charge in [0.25, 0.3) is 0 Å². The van der Waals surface area contributed by atoms with Crippen molar-refractivity contribution in [2.75, 3.05) is 0 Å². The fourth-order valence-corrected chi connectivity index (χ4v) is 6.58. The molecule has 2 atom stereocenters. The van der Waals surface area contributed by atoms with Gasteiger partial charge in [-0.1, -0.05) is 26.0 Å². The number of hydrogen-bond donors (Lipinski definition) is 1. The van der Waals surface area contributed by atoms with Crippen molar-refractivity contribution in [1.29, 1.82) is 0 Å². The number of aromatic hydroxyl groups is 1. The van der Waals surface area contributed by atoms with E-state index >= 15 is 0 Å². The largest absolute Gasteiger partial charge is 0.508 e. The molecule has 4 aliphatic carbocycles. The number of hydrogen-bond acceptors (Lipinski definition) is 1. The summed E-state index contributed by atoms with van der Waals surface area (Å²) >= 11 is 0. The molecule has 102 valence electrons. The van der Waals surface area contributed by atoms with Crippen LogP contribution in [-0.4, -0.2) is 5.11 Å². The molecule has 19 heavy (non-hydrogen) atoms. The Hall–Kier alpha value is -0.980. The molecule has 4 bridgehead atoms. The zero-order valence-electron chi connectivity index (χ0n) is 12.1. The lowest BCUT2D eigenvalue weighted by atomic mass is 9.39. The highest BCUT2D eigenvalue weighted by molar-refractivity contribution is 5.35. The first-order chi connectivity index (χ1) is 8.91. The van der Waals surface area contributed by atoms with Gasteiger partial charge in [0.05, 0.1) is 0 Å². The molecule has 0 aliphatic heterocycles. The first-order valence-electron chi connectivity index (χ1n) is 7.70. The van der Waals surface area contributed by atoms with Crippen LogP contribution in [0.4, 0.5) is 0 Å². The number of benzene rings is 1. The van der Waals surface area contributed by atoms with Gasteiger partial charge < -0.3 is 5.11 Å². The second-order valence-corrected chi connectivity index (χ2v) is 8.46. The van der Waals surface area contributed by atoms with Gasteiger partial charge in [0.15, 0.2) is 0 Å². The van der Waals surface area contributed by atoms with E-state index in [0.717, 1.165) is 5.92 Å². The summed E-state index contributed by atoms with van der Waals surface area (Å²) in [4.78, 5) is 0. The fourth-order valence-electron chi connectivity index (χ4n) is 6.58. The van der Waals surface area contributed by atoms with Crippen molar-refractivity contribution < 1.29 is 5.11 Å². The lowest BCUT2D eigenvalue weighted by Crippen LogP contribution is -2.56. The summed E-state index contributed by atoms with van der Waals surface area (Å²) in [5.74, 6) is 1.32. The predicted octanol–water partition coefficient (Wildman–Crippen LogP) is 4.64. The highest BCUT2D eigenvalue weighted by Gasteiger charge is 2.60. The monoisotopic (exact) mass is 256 g/mol. The first-order valence-corrected chi connectivity index (χ1v) is 7.70. The molecule has 4 aliphatic rings. The van der Waals surface area contributed by atoms with Crippen molar-refractivity contribution in [2.24, 2.45) is 16.7 Å². The smallest absolute Gasteiger partial charge is 0.115 e. The van der Waals surface area contributed by atoms with Gasteiger partial charge in [0.2, 0.25) is 0 Å². The van der Waals surface area contributed by atoms with Crippen LogP contribution in [0.25, 0.3) is 0 Å². The number of phenolic OH excluding ortho intramolecular Hbond substituents is 1. The van der Waals surface area contributed by atoms with Gasteiger partial charge >= 0.3 is 0 Å². The van der Waals surface area contributed by atoms with E-state index in [9.17, 15) is 5.11 Å². The summed E-state index contributed by atoms with van der Waals surface area (Å²) in [6, 6.07) is 8.10. The average molecular weight is 256 g/mol. The van der Waals surface area contributed by atoms with Crippen molar-refractivity contribution in [2.45, 2.75) is 57.8 Å². The maximum absolute atomic E-state index is 9.54. The summed E-state index contributed by atoms with van der Waals surface area (Å²) in [7, 11) is 0. The van der Waals surface area contributed by atoms with Crippen LogP contribution >= 0.6 is 0 Å². The molecule has 1 nitrogen and oxygen atoms in total. The highest BCUT2D eigenvalue weighted by atomic mass is 16.3. The Morgan fingerprint density at radius 2 is 1.47 bits per heavy atom. The summed E-state index contributed by atoms with van der Waals surface area (Å²) in [5.41, 5.74) is 3.00. The third-order valence-corrected chi connectivity index (χ3v) is 6.11. The summed E-state index contributed by atoms with van der Waals surface area (Å²) in [6.45, 7) is 5.04. The first kappa shape index (κ1) is 11.8. The van der Waals surface area contributed by atoms with Crippen molar-refractivity contribution >= 4 is 0 Å². The normalized spacial score (nSPS) is 47.6. The van der Waals surface area contributed by atoms with Crippen LogP contribution in [0.1, 0.15) is 57.9 Å². The van der Waals surface area contributed by atoms with Crippen LogP contribution in [0.3, 0.4) is 0 Å². The van der Waals surface area contributed by atoms with Gasteiger partial charge in [0.1, 0.15) is 5.75 Å². The second kappa shape index (κ2) is 3.37. The molecule has 0 radical (unpaired) electrons. The van der Waals surface area contributed by atoms with Crippen LogP contribution in [0.15, 0.2) is 24.3 Å². The van der Waals surface area contributed by atoms with Crippen LogP contribution in [-0.2, 0) is 5.41 Å². The summed E-state index contributed by atoms with van der Waals surface area (Å²) in [5, 5.41) is 9.54. The molecule has 1 N–H and O–H groups in total. The molecule has 0 unspecified atom stereocenters. The van der Waals surface area contributed by atoms with E-state index in [1.165, 1.54) is 44.1 Å². The summed E-state index contributed by atoms with van der Waals surface area (Å²) in [6.07, 6.45) is 8.41. The molecular formula is C18H24O. The third-order valence-electron chi connectivity index (χ3n) is 6.11. The Balaban J connectivity index is 1.80. The minimum Gasteiger partial charge on any atom is -0.508 e. The molecule has 1 aromatic carbocycles. The van der Waals surface area contributed by atoms with Crippen LogP contribution in [0, 0.1) is 16.7 Å². The third kappa shape index (κ3) is 1.67. The molecule has 1 aromatic rings. The molecule has 4 fully saturated rings. The minimum absolute atomic E-state index is 0.394. The average Bonchev–Trinajstić information content (AvgIpc) is 2.24. The Kier molecular flexibility index (Phi) is 2.09. The molecule has 0 amide bonds. The Labute approximate surface area is 116 Å². The Morgan fingerprint density at radius 3 is 2.00 bits per heavy atom. The topological polar surface area (TPSA) is 20.2 Å². The second-order valence-electron chi connectivity index (χ2n) is 8.46. The van der Waals surface area contributed by atoms with E-state index in [2.05, 4.69) is 26.0 Å². The quantitative estimate of drug-likeness (QED) is 0.776. The summed E-state index contributed by atoms with van der Waals surface area (Å²) < 4.78 is 0. The number of phenols is 1. The van der Waals surface area contributed by atoms with Gasteiger partial charge in [-0.2, -0.15) is 0 Å². The molecule has 0 saturated heterocycles. The van der Waals surface area contributed by atoms with E-state index in [4.69, 9.17) is 0 Å². The van der Waals surface area contributed by atoms with E-state index in [1.54, 1.807) is 0 Å². The molecule has 0 heterocycles. The fraction of sp³-hybridized carbons (Fsp3) is 0.667. The van der Waals surface area contributed by atoms with E-state index < -0.39 is 0 Å². The molecule has 0 aromatic heterocycles. The Morgan fingerprint density at radius 1 is 0.895 bits per heavy atom. The lowest BCUT2D eigenvalue weighted by molar-refractivity contribution is -0.110. The molecule has 5 rings (SSSR count). The Bertz CT molecular complexity index is 497. The molecule has 4 saturated carbocycles. The zero-order chi connectivity index (χ0) is 13.3. The molecule has 1 heteroatoms. The van der Waals surface area contributed by atoms with E-state index in [-0.39, 0.29) is 0 Å². The molecular weight excluding hydrogens is 232 g/mol. The molecule has 0 spiro atoms. The predicted molar refractivity (Wildman–Crippen MR) is 77.2 cm³/mol. The SMILES string of the molecule is C[C@@]12CC3CC(c4ccc(O)cc4)(C1)C[C@@](C)(C3)C2. The minimum atomic E-state index is 0.394. The van der Waals surface area contributed by atoms with Crippen molar-refractivity contribution in [3.05, 3.63) is 29.8 Å². The number of rotatable bonds is 1. The maximum atomic E-state index is 9.54. The van der Waals surface area contributed by atoms with Crippen molar-refractivity contribution in [3.63, 3.8) is 0 Å². The van der Waals surface area contributed by atoms with Gasteiger partial charge in [-0.15, -0.1) is 0 Å². The van der Waals surface area contributed by atoms with Gasteiger partial charge in [-0.05, 0) is 78.4 Å². The van der Waals surface area contributed by atoms with E-state index in [1.807, 2.05) is 12.1 Å². The van der Waals surface area contributed by atoms with Gasteiger partial charge in [-0.3, -0.25) is 0 Å². The van der Waals surface area contributed by atoms with Crippen LogP contribution < -0.4 is 0 Å². The highest BCUT2D eigenvalue weighted by Crippen LogP contribution is 2.69. The van der Waals surface area contributed by atoms with Gasteiger partial charge in [0, 0.05) is 0 Å².